The Bertz CT molecular complexity index is 709. The third-order valence-corrected chi connectivity index (χ3v) is 5.56. The topological polar surface area (TPSA) is 104 Å². The predicted octanol–water partition coefficient (Wildman–Crippen LogP) is 0.426. The number of aliphatic carboxylic acids is 1. The van der Waals surface area contributed by atoms with Crippen LogP contribution in [0.5, 0.6) is 0 Å². The first-order valence-electron chi connectivity index (χ1n) is 7.24. The zero-order chi connectivity index (χ0) is 17.2. The van der Waals surface area contributed by atoms with Gasteiger partial charge in [0, 0.05) is 12.2 Å². The molecule has 1 atom stereocenters. The Kier molecular flexibility index (Phi) is 4.93. The van der Waals surface area contributed by atoms with Gasteiger partial charge in [0.2, 0.25) is 5.91 Å². The van der Waals surface area contributed by atoms with E-state index in [0.717, 1.165) is 21.7 Å². The average molecular weight is 340 g/mol. The molecule has 2 rings (SSSR count). The van der Waals surface area contributed by atoms with E-state index in [9.17, 15) is 23.1 Å². The van der Waals surface area contributed by atoms with Gasteiger partial charge in [-0.25, -0.2) is 13.2 Å². The molecule has 1 aromatic rings. The van der Waals surface area contributed by atoms with Crippen LogP contribution in [0.2, 0.25) is 0 Å². The quantitative estimate of drug-likeness (QED) is 0.823. The van der Waals surface area contributed by atoms with Crippen LogP contribution in [-0.2, 0) is 19.4 Å². The fourth-order valence-corrected chi connectivity index (χ4v) is 4.11. The Hall–Kier alpha value is -2.09. The summed E-state index contributed by atoms with van der Waals surface area (Å²) in [6.45, 7) is 3.66. The molecule has 1 aliphatic rings. The molecule has 1 amide bonds. The summed E-state index contributed by atoms with van der Waals surface area (Å²) < 4.78 is 23.2. The maximum Gasteiger partial charge on any atom is 0.327 e. The number of carboxylic acid groups (broad SMARTS) is 1. The first-order valence-corrected chi connectivity index (χ1v) is 9.06. The number of carbonyl (C=O) groups is 2. The van der Waals surface area contributed by atoms with Crippen LogP contribution < -0.4 is 5.32 Å². The molecule has 23 heavy (non-hydrogen) atoms. The molecule has 1 aliphatic heterocycles. The van der Waals surface area contributed by atoms with Crippen LogP contribution >= 0.6 is 0 Å². The molecule has 0 bridgehead atoms. The lowest BCUT2D eigenvalue weighted by molar-refractivity contribution is -0.148. The molecule has 1 saturated heterocycles. The van der Waals surface area contributed by atoms with Crippen molar-refractivity contribution in [2.45, 2.75) is 19.9 Å². The average Bonchev–Trinajstić information content (AvgIpc) is 2.45. The third-order valence-electron chi connectivity index (χ3n) is 3.93. The van der Waals surface area contributed by atoms with Crippen LogP contribution in [0.4, 0.5) is 5.69 Å². The SMILES string of the molecule is Cc1cccc(C)c1NCC(=O)N1CCS(=O)(=O)CC1C(=O)O. The number of para-hydroxylation sites is 1. The summed E-state index contributed by atoms with van der Waals surface area (Å²) >= 11 is 0. The van der Waals surface area contributed by atoms with Gasteiger partial charge >= 0.3 is 5.97 Å². The zero-order valence-corrected chi connectivity index (χ0v) is 13.9. The molecule has 0 radical (unpaired) electrons. The standard InChI is InChI=1S/C15H20N2O5S/c1-10-4-3-5-11(2)14(10)16-8-13(18)17-6-7-23(21,22)9-12(17)15(19)20/h3-5,12,16H,6-9H2,1-2H3,(H,19,20). The fraction of sp³-hybridized carbons (Fsp3) is 0.467. The minimum absolute atomic E-state index is 0.0739. The van der Waals surface area contributed by atoms with E-state index in [-0.39, 0.29) is 18.8 Å². The minimum Gasteiger partial charge on any atom is -0.480 e. The normalized spacial score (nSPS) is 20.1. The maximum absolute atomic E-state index is 12.3. The van der Waals surface area contributed by atoms with Crippen molar-refractivity contribution in [3.63, 3.8) is 0 Å². The monoisotopic (exact) mass is 340 g/mol. The van der Waals surface area contributed by atoms with Gasteiger partial charge in [-0.1, -0.05) is 18.2 Å². The van der Waals surface area contributed by atoms with Gasteiger partial charge in [-0.3, -0.25) is 4.79 Å². The second-order valence-electron chi connectivity index (χ2n) is 5.68. The van der Waals surface area contributed by atoms with E-state index in [2.05, 4.69) is 5.32 Å². The molecule has 2 N–H and O–H groups in total. The number of sulfone groups is 1. The molecule has 1 fully saturated rings. The number of nitrogens with zero attached hydrogens (tertiary/aromatic N) is 1. The summed E-state index contributed by atoms with van der Waals surface area (Å²) in [5, 5.41) is 12.2. The summed E-state index contributed by atoms with van der Waals surface area (Å²) in [5.74, 6) is -2.45. The smallest absolute Gasteiger partial charge is 0.327 e. The van der Waals surface area contributed by atoms with Crippen molar-refractivity contribution in [2.24, 2.45) is 0 Å². The molecule has 1 heterocycles. The molecule has 8 heteroatoms. The number of anilines is 1. The second-order valence-corrected chi connectivity index (χ2v) is 7.90. The Balaban J connectivity index is 2.09. The number of nitrogens with one attached hydrogen (secondary N) is 1. The number of rotatable bonds is 4. The molecule has 0 saturated carbocycles. The zero-order valence-electron chi connectivity index (χ0n) is 13.1. The molecular weight excluding hydrogens is 320 g/mol. The summed E-state index contributed by atoms with van der Waals surface area (Å²) in [7, 11) is -3.42. The van der Waals surface area contributed by atoms with Crippen molar-refractivity contribution in [2.75, 3.05) is 29.9 Å². The van der Waals surface area contributed by atoms with Gasteiger partial charge in [-0.15, -0.1) is 0 Å². The summed E-state index contributed by atoms with van der Waals surface area (Å²) in [6.07, 6.45) is 0. The van der Waals surface area contributed by atoms with Crippen molar-refractivity contribution in [1.82, 2.24) is 4.90 Å². The molecule has 1 unspecified atom stereocenters. The van der Waals surface area contributed by atoms with Crippen molar-refractivity contribution >= 4 is 27.4 Å². The van der Waals surface area contributed by atoms with Crippen molar-refractivity contribution < 1.29 is 23.1 Å². The van der Waals surface area contributed by atoms with Gasteiger partial charge < -0.3 is 15.3 Å². The molecule has 126 valence electrons. The lowest BCUT2D eigenvalue weighted by Crippen LogP contribution is -2.56. The highest BCUT2D eigenvalue weighted by Gasteiger charge is 2.38. The van der Waals surface area contributed by atoms with Crippen molar-refractivity contribution in [3.05, 3.63) is 29.3 Å². The van der Waals surface area contributed by atoms with Gasteiger partial charge in [-0.2, -0.15) is 0 Å². The highest BCUT2D eigenvalue weighted by atomic mass is 32.2. The second kappa shape index (κ2) is 6.57. The van der Waals surface area contributed by atoms with E-state index in [4.69, 9.17) is 0 Å². The number of hydrogen-bond acceptors (Lipinski definition) is 5. The van der Waals surface area contributed by atoms with E-state index in [1.54, 1.807) is 0 Å². The van der Waals surface area contributed by atoms with Crippen LogP contribution in [0.15, 0.2) is 18.2 Å². The molecule has 1 aromatic carbocycles. The Morgan fingerprint density at radius 3 is 2.48 bits per heavy atom. The van der Waals surface area contributed by atoms with Crippen LogP contribution in [0, 0.1) is 13.8 Å². The van der Waals surface area contributed by atoms with E-state index in [1.165, 1.54) is 0 Å². The van der Waals surface area contributed by atoms with E-state index in [1.807, 2.05) is 32.0 Å². The van der Waals surface area contributed by atoms with E-state index >= 15 is 0 Å². The van der Waals surface area contributed by atoms with Gasteiger partial charge in [0.15, 0.2) is 9.84 Å². The molecular formula is C15H20N2O5S. The van der Waals surface area contributed by atoms with Crippen LogP contribution in [0.1, 0.15) is 11.1 Å². The lowest BCUT2D eigenvalue weighted by Gasteiger charge is -2.33. The molecule has 0 spiro atoms. The van der Waals surface area contributed by atoms with Crippen LogP contribution in [-0.4, -0.2) is 60.9 Å². The minimum atomic E-state index is -3.42. The fourth-order valence-electron chi connectivity index (χ4n) is 2.67. The highest BCUT2D eigenvalue weighted by molar-refractivity contribution is 7.91. The number of aryl methyl sites for hydroxylation is 2. The van der Waals surface area contributed by atoms with Gasteiger partial charge in [0.1, 0.15) is 6.04 Å². The van der Waals surface area contributed by atoms with Crippen molar-refractivity contribution in [1.29, 1.82) is 0 Å². The maximum atomic E-state index is 12.3. The first-order chi connectivity index (χ1) is 10.7. The highest BCUT2D eigenvalue weighted by Crippen LogP contribution is 2.19. The lowest BCUT2D eigenvalue weighted by atomic mass is 10.1. The van der Waals surface area contributed by atoms with Gasteiger partial charge in [0.05, 0.1) is 18.1 Å². The third kappa shape index (κ3) is 4.01. The van der Waals surface area contributed by atoms with Gasteiger partial charge in [0.25, 0.3) is 0 Å². The van der Waals surface area contributed by atoms with Crippen LogP contribution in [0.3, 0.4) is 0 Å². The summed E-state index contributed by atoms with van der Waals surface area (Å²) in [6, 6.07) is 4.41. The van der Waals surface area contributed by atoms with E-state index < -0.39 is 33.5 Å². The number of carbonyl (C=O) groups excluding carboxylic acids is 1. The number of amides is 1. The Labute approximate surface area is 135 Å². The summed E-state index contributed by atoms with van der Waals surface area (Å²) in [5.41, 5.74) is 2.79. The first kappa shape index (κ1) is 17.3. The largest absolute Gasteiger partial charge is 0.480 e. The predicted molar refractivity (Wildman–Crippen MR) is 86.2 cm³/mol. The number of benzene rings is 1. The number of carboxylic acids is 1. The van der Waals surface area contributed by atoms with Gasteiger partial charge in [-0.05, 0) is 25.0 Å². The van der Waals surface area contributed by atoms with Crippen molar-refractivity contribution in [3.8, 4) is 0 Å². The van der Waals surface area contributed by atoms with Crippen LogP contribution in [0.25, 0.3) is 0 Å². The molecule has 7 nitrogen and oxygen atoms in total. The Morgan fingerprint density at radius 2 is 1.91 bits per heavy atom. The van der Waals surface area contributed by atoms with E-state index in [0.29, 0.717) is 0 Å². The molecule has 0 aromatic heterocycles. The Morgan fingerprint density at radius 1 is 1.30 bits per heavy atom. The molecule has 0 aliphatic carbocycles. The number of hydrogen-bond donors (Lipinski definition) is 2. The summed E-state index contributed by atoms with van der Waals surface area (Å²) in [4.78, 5) is 24.7.